The largest absolute Gasteiger partial charge is 0.327 e. The molecule has 0 bridgehead atoms. The first kappa shape index (κ1) is 13.9. The van der Waals surface area contributed by atoms with Crippen LogP contribution in [0.3, 0.4) is 0 Å². The highest BCUT2D eigenvalue weighted by atomic mass is 35.5. The summed E-state index contributed by atoms with van der Waals surface area (Å²) >= 11 is 12.0. The molecule has 2 aromatic carbocycles. The van der Waals surface area contributed by atoms with Gasteiger partial charge in [0, 0.05) is 6.04 Å². The average molecular weight is 306 g/mol. The van der Waals surface area contributed by atoms with E-state index < -0.39 is 0 Å². The molecule has 1 nitrogen and oxygen atoms in total. The summed E-state index contributed by atoms with van der Waals surface area (Å²) in [5, 5.41) is 1.19. The Hall–Kier alpha value is -1.02. The lowest BCUT2D eigenvalue weighted by Crippen LogP contribution is -2.29. The summed E-state index contributed by atoms with van der Waals surface area (Å²) in [5.74, 6) is 0.445. The first-order valence-electron chi connectivity index (χ1n) is 6.92. The van der Waals surface area contributed by atoms with Crippen LogP contribution in [0.2, 0.25) is 10.0 Å². The van der Waals surface area contributed by atoms with Crippen molar-refractivity contribution < 1.29 is 0 Å². The number of halogens is 2. The Morgan fingerprint density at radius 3 is 2.70 bits per heavy atom. The normalized spacial score (nSPS) is 18.9. The van der Waals surface area contributed by atoms with E-state index in [1.54, 1.807) is 0 Å². The van der Waals surface area contributed by atoms with Crippen LogP contribution in [-0.2, 0) is 12.8 Å². The van der Waals surface area contributed by atoms with Crippen molar-refractivity contribution in [1.29, 1.82) is 0 Å². The lowest BCUT2D eigenvalue weighted by Gasteiger charge is -2.20. The first-order chi connectivity index (χ1) is 9.65. The highest BCUT2D eigenvalue weighted by Gasteiger charge is 2.27. The second kappa shape index (κ2) is 5.77. The van der Waals surface area contributed by atoms with Crippen LogP contribution < -0.4 is 5.73 Å². The van der Waals surface area contributed by atoms with E-state index in [1.165, 1.54) is 11.1 Å². The fourth-order valence-electron chi connectivity index (χ4n) is 3.12. The zero-order chi connectivity index (χ0) is 14.1. The summed E-state index contributed by atoms with van der Waals surface area (Å²) in [6.07, 6.45) is 3.10. The van der Waals surface area contributed by atoms with Crippen LogP contribution in [0.25, 0.3) is 0 Å². The van der Waals surface area contributed by atoms with Crippen molar-refractivity contribution in [2.75, 3.05) is 0 Å². The molecule has 2 N–H and O–H groups in total. The van der Waals surface area contributed by atoms with E-state index in [-0.39, 0.29) is 6.04 Å². The van der Waals surface area contributed by atoms with Gasteiger partial charge in [-0.3, -0.25) is 0 Å². The standard InChI is InChI=1S/C17H17Cl2N/c18-15-8-5-11(9-16(15)19)10-17(20)14-7-6-12-3-1-2-4-13(12)14/h1-5,8-9,14,17H,6-7,10,20H2. The number of aryl methyl sites for hydroxylation is 1. The molecule has 0 aliphatic heterocycles. The maximum Gasteiger partial charge on any atom is 0.0595 e. The Kier molecular flexibility index (Phi) is 4.02. The van der Waals surface area contributed by atoms with Gasteiger partial charge in [0.1, 0.15) is 0 Å². The molecule has 0 spiro atoms. The Balaban J connectivity index is 1.77. The van der Waals surface area contributed by atoms with E-state index in [0.29, 0.717) is 16.0 Å². The number of rotatable bonds is 3. The molecule has 2 aromatic rings. The summed E-state index contributed by atoms with van der Waals surface area (Å²) in [5.41, 5.74) is 10.5. The van der Waals surface area contributed by atoms with E-state index in [0.717, 1.165) is 24.8 Å². The Bertz CT molecular complexity index is 624. The number of benzene rings is 2. The molecule has 0 radical (unpaired) electrons. The third-order valence-electron chi connectivity index (χ3n) is 4.15. The number of fused-ring (bicyclic) bond motifs is 1. The van der Waals surface area contributed by atoms with Crippen molar-refractivity contribution in [3.63, 3.8) is 0 Å². The predicted molar refractivity (Wildman–Crippen MR) is 85.6 cm³/mol. The molecular formula is C17H17Cl2N. The quantitative estimate of drug-likeness (QED) is 0.881. The molecule has 0 fully saturated rings. The highest BCUT2D eigenvalue weighted by molar-refractivity contribution is 6.42. The third kappa shape index (κ3) is 2.71. The fraction of sp³-hybridized carbons (Fsp3) is 0.294. The molecule has 2 unspecified atom stereocenters. The summed E-state index contributed by atoms with van der Waals surface area (Å²) in [6.45, 7) is 0. The van der Waals surface area contributed by atoms with Gasteiger partial charge >= 0.3 is 0 Å². The Labute approximate surface area is 129 Å². The fourth-order valence-corrected chi connectivity index (χ4v) is 3.44. The van der Waals surface area contributed by atoms with Gasteiger partial charge in [0.25, 0.3) is 0 Å². The summed E-state index contributed by atoms with van der Waals surface area (Å²) < 4.78 is 0. The van der Waals surface area contributed by atoms with E-state index in [1.807, 2.05) is 18.2 Å². The van der Waals surface area contributed by atoms with Gasteiger partial charge in [0.05, 0.1) is 10.0 Å². The first-order valence-corrected chi connectivity index (χ1v) is 7.68. The average Bonchev–Trinajstić information content (AvgIpc) is 2.87. The van der Waals surface area contributed by atoms with Gasteiger partial charge in [-0.25, -0.2) is 0 Å². The van der Waals surface area contributed by atoms with Gasteiger partial charge in [-0.15, -0.1) is 0 Å². The number of nitrogens with two attached hydrogens (primary N) is 1. The maximum absolute atomic E-state index is 6.44. The molecule has 1 aliphatic rings. The second-order valence-electron chi connectivity index (χ2n) is 5.46. The van der Waals surface area contributed by atoms with Crippen LogP contribution in [0.1, 0.15) is 29.0 Å². The molecule has 0 aromatic heterocycles. The molecule has 20 heavy (non-hydrogen) atoms. The Morgan fingerprint density at radius 1 is 1.10 bits per heavy atom. The molecule has 0 heterocycles. The van der Waals surface area contributed by atoms with Crippen molar-refractivity contribution in [2.45, 2.75) is 31.2 Å². The van der Waals surface area contributed by atoms with Crippen molar-refractivity contribution >= 4 is 23.2 Å². The molecule has 3 rings (SSSR count). The van der Waals surface area contributed by atoms with Crippen LogP contribution in [-0.4, -0.2) is 6.04 Å². The highest BCUT2D eigenvalue weighted by Crippen LogP contribution is 2.35. The van der Waals surface area contributed by atoms with E-state index in [9.17, 15) is 0 Å². The minimum Gasteiger partial charge on any atom is -0.327 e. The number of hydrogen-bond acceptors (Lipinski definition) is 1. The minimum atomic E-state index is 0.121. The lowest BCUT2D eigenvalue weighted by molar-refractivity contribution is 0.525. The van der Waals surface area contributed by atoms with Crippen molar-refractivity contribution in [1.82, 2.24) is 0 Å². The minimum absolute atomic E-state index is 0.121. The zero-order valence-corrected chi connectivity index (χ0v) is 12.7. The van der Waals surface area contributed by atoms with Crippen molar-refractivity contribution in [3.05, 3.63) is 69.2 Å². The SMILES string of the molecule is NC(Cc1ccc(Cl)c(Cl)c1)C1CCc2ccccc21. The molecule has 2 atom stereocenters. The summed E-state index contributed by atoms with van der Waals surface area (Å²) in [6, 6.07) is 14.5. The van der Waals surface area contributed by atoms with E-state index in [2.05, 4.69) is 24.3 Å². The number of hydrogen-bond donors (Lipinski definition) is 1. The van der Waals surface area contributed by atoms with Gasteiger partial charge in [0.15, 0.2) is 0 Å². The van der Waals surface area contributed by atoms with Crippen LogP contribution in [0, 0.1) is 0 Å². The maximum atomic E-state index is 6.44. The monoisotopic (exact) mass is 305 g/mol. The molecule has 1 aliphatic carbocycles. The summed E-state index contributed by atoms with van der Waals surface area (Å²) in [7, 11) is 0. The molecule has 0 saturated carbocycles. The van der Waals surface area contributed by atoms with Crippen LogP contribution in [0.5, 0.6) is 0 Å². The van der Waals surface area contributed by atoms with Gasteiger partial charge in [-0.05, 0) is 54.0 Å². The van der Waals surface area contributed by atoms with Crippen LogP contribution in [0.4, 0.5) is 0 Å². The van der Waals surface area contributed by atoms with Crippen molar-refractivity contribution in [2.24, 2.45) is 5.73 Å². The van der Waals surface area contributed by atoms with Gasteiger partial charge in [0.2, 0.25) is 0 Å². The molecule has 3 heteroatoms. The predicted octanol–water partition coefficient (Wildman–Crippen LogP) is 4.59. The molecule has 104 valence electrons. The molecule has 0 amide bonds. The van der Waals surface area contributed by atoms with Gasteiger partial charge < -0.3 is 5.73 Å². The molecular weight excluding hydrogens is 289 g/mol. The zero-order valence-electron chi connectivity index (χ0n) is 11.2. The van der Waals surface area contributed by atoms with Crippen LogP contribution in [0.15, 0.2) is 42.5 Å². The van der Waals surface area contributed by atoms with Gasteiger partial charge in [-0.2, -0.15) is 0 Å². The van der Waals surface area contributed by atoms with E-state index in [4.69, 9.17) is 28.9 Å². The second-order valence-corrected chi connectivity index (χ2v) is 6.27. The summed E-state index contributed by atoms with van der Waals surface area (Å²) in [4.78, 5) is 0. The van der Waals surface area contributed by atoms with Crippen LogP contribution >= 0.6 is 23.2 Å². The van der Waals surface area contributed by atoms with Gasteiger partial charge in [-0.1, -0.05) is 53.5 Å². The van der Waals surface area contributed by atoms with Crippen molar-refractivity contribution in [3.8, 4) is 0 Å². The smallest absolute Gasteiger partial charge is 0.0595 e. The third-order valence-corrected chi connectivity index (χ3v) is 4.89. The van der Waals surface area contributed by atoms with E-state index >= 15 is 0 Å². The lowest BCUT2D eigenvalue weighted by atomic mass is 9.89. The topological polar surface area (TPSA) is 26.0 Å². The Morgan fingerprint density at radius 2 is 1.90 bits per heavy atom. The molecule has 0 saturated heterocycles.